The van der Waals surface area contributed by atoms with Gasteiger partial charge in [-0.15, -0.1) is 0 Å². The van der Waals surface area contributed by atoms with Crippen molar-refractivity contribution in [2.24, 2.45) is 17.8 Å². The van der Waals surface area contributed by atoms with Gasteiger partial charge in [-0.2, -0.15) is 0 Å². The Bertz CT molecular complexity index is 212. The van der Waals surface area contributed by atoms with E-state index in [1.165, 1.54) is 19.3 Å². The quantitative estimate of drug-likeness (QED) is 0.493. The number of rotatable bonds is 0. The van der Waals surface area contributed by atoms with E-state index in [0.29, 0.717) is 0 Å². The number of hydrogen-bond donors (Lipinski definition) is 0. The lowest BCUT2D eigenvalue weighted by Gasteiger charge is -1.97. The van der Waals surface area contributed by atoms with E-state index in [1.54, 1.807) is 5.57 Å². The van der Waals surface area contributed by atoms with Crippen molar-refractivity contribution in [3.8, 4) is 0 Å². The van der Waals surface area contributed by atoms with Gasteiger partial charge in [0.25, 0.3) is 0 Å². The first-order chi connectivity index (χ1) is 6.58. The summed E-state index contributed by atoms with van der Waals surface area (Å²) < 4.78 is 0. The summed E-state index contributed by atoms with van der Waals surface area (Å²) >= 11 is 0. The maximum absolute atomic E-state index is 2.34. The molecule has 0 bridgehead atoms. The summed E-state index contributed by atoms with van der Waals surface area (Å²) in [6, 6.07) is 0. The van der Waals surface area contributed by atoms with Gasteiger partial charge in [0, 0.05) is 0 Å². The van der Waals surface area contributed by atoms with Crippen molar-refractivity contribution in [2.75, 3.05) is 0 Å². The molecule has 0 nitrogen and oxygen atoms in total. The third-order valence-electron chi connectivity index (χ3n) is 3.05. The van der Waals surface area contributed by atoms with Crippen LogP contribution in [0.4, 0.5) is 0 Å². The predicted molar refractivity (Wildman–Crippen MR) is 64.2 cm³/mol. The smallest absolute Gasteiger partial charge is 0.0256 e. The van der Waals surface area contributed by atoms with Gasteiger partial charge in [-0.05, 0) is 43.9 Å². The Labute approximate surface area is 89.1 Å². The molecule has 2 aliphatic rings. The average molecular weight is 192 g/mol. The van der Waals surface area contributed by atoms with E-state index in [-0.39, 0.29) is 0 Å². The second-order valence-electron chi connectivity index (χ2n) is 5.17. The van der Waals surface area contributed by atoms with Gasteiger partial charge in [0.15, 0.2) is 0 Å². The molecule has 0 aromatic carbocycles. The van der Waals surface area contributed by atoms with Crippen molar-refractivity contribution >= 4 is 0 Å². The van der Waals surface area contributed by atoms with E-state index >= 15 is 0 Å². The molecule has 0 heterocycles. The lowest BCUT2D eigenvalue weighted by molar-refractivity contribution is 0.591. The molecule has 0 aromatic rings. The molecule has 0 N–H and O–H groups in total. The standard InChI is InChI=1S/2C7H12/c2*1-6-3-4-7(2)5-6/h3,7H,4-5H2,1-2H3;3-4,6-7H,5H2,1-2H3. The molecule has 0 fully saturated rings. The van der Waals surface area contributed by atoms with Crippen LogP contribution in [0.3, 0.4) is 0 Å². The molecule has 0 amide bonds. The van der Waals surface area contributed by atoms with Crippen LogP contribution in [0.2, 0.25) is 0 Å². The van der Waals surface area contributed by atoms with Crippen molar-refractivity contribution in [1.29, 1.82) is 0 Å². The summed E-state index contributed by atoms with van der Waals surface area (Å²) in [5.74, 6) is 2.62. The Morgan fingerprint density at radius 3 is 1.79 bits per heavy atom. The molecule has 0 spiro atoms. The zero-order chi connectivity index (χ0) is 10.6. The first-order valence-corrected chi connectivity index (χ1v) is 5.92. The topological polar surface area (TPSA) is 0 Å². The van der Waals surface area contributed by atoms with E-state index < -0.39 is 0 Å². The highest BCUT2D eigenvalue weighted by molar-refractivity contribution is 5.05. The van der Waals surface area contributed by atoms with Gasteiger partial charge in [-0.3, -0.25) is 0 Å². The molecule has 3 unspecified atom stereocenters. The first kappa shape index (κ1) is 11.6. The Balaban J connectivity index is 0.000000140. The summed E-state index contributed by atoms with van der Waals surface area (Å²) in [6.45, 7) is 9.04. The van der Waals surface area contributed by atoms with E-state index in [4.69, 9.17) is 0 Å². The van der Waals surface area contributed by atoms with Crippen LogP contribution in [0, 0.1) is 17.8 Å². The second kappa shape index (κ2) is 5.38. The molecule has 0 radical (unpaired) electrons. The van der Waals surface area contributed by atoms with Crippen LogP contribution in [0.25, 0.3) is 0 Å². The molecule has 2 rings (SSSR count). The van der Waals surface area contributed by atoms with Crippen molar-refractivity contribution in [2.45, 2.75) is 47.0 Å². The van der Waals surface area contributed by atoms with Gasteiger partial charge in [0.2, 0.25) is 0 Å². The lowest BCUT2D eigenvalue weighted by atomic mass is 10.1. The van der Waals surface area contributed by atoms with Gasteiger partial charge in [-0.1, -0.05) is 44.6 Å². The van der Waals surface area contributed by atoms with Crippen LogP contribution in [-0.4, -0.2) is 0 Å². The molecule has 0 saturated carbocycles. The summed E-state index contributed by atoms with van der Waals surface area (Å²) in [7, 11) is 0. The fourth-order valence-electron chi connectivity index (χ4n) is 2.24. The molecule has 14 heavy (non-hydrogen) atoms. The second-order valence-corrected chi connectivity index (χ2v) is 5.17. The highest BCUT2D eigenvalue weighted by Crippen LogP contribution is 2.22. The van der Waals surface area contributed by atoms with Gasteiger partial charge in [0.05, 0.1) is 0 Å². The van der Waals surface area contributed by atoms with E-state index in [2.05, 4.69) is 45.9 Å². The van der Waals surface area contributed by atoms with Crippen LogP contribution in [0.5, 0.6) is 0 Å². The van der Waals surface area contributed by atoms with Crippen molar-refractivity contribution in [1.82, 2.24) is 0 Å². The summed E-state index contributed by atoms with van der Waals surface area (Å²) in [6.07, 6.45) is 10.9. The zero-order valence-corrected chi connectivity index (χ0v) is 10.1. The molecular weight excluding hydrogens is 168 g/mol. The van der Waals surface area contributed by atoms with Crippen molar-refractivity contribution in [3.05, 3.63) is 23.8 Å². The van der Waals surface area contributed by atoms with Crippen LogP contribution in [-0.2, 0) is 0 Å². The minimum absolute atomic E-state index is 0.843. The van der Waals surface area contributed by atoms with Crippen LogP contribution < -0.4 is 0 Å². The fourth-order valence-corrected chi connectivity index (χ4v) is 2.24. The Hall–Kier alpha value is -0.520. The average Bonchev–Trinajstić information content (AvgIpc) is 2.63. The van der Waals surface area contributed by atoms with E-state index in [9.17, 15) is 0 Å². The third kappa shape index (κ3) is 4.13. The highest BCUT2D eigenvalue weighted by atomic mass is 14.1. The maximum Gasteiger partial charge on any atom is -0.0256 e. The van der Waals surface area contributed by atoms with E-state index in [0.717, 1.165) is 17.8 Å². The van der Waals surface area contributed by atoms with Crippen molar-refractivity contribution < 1.29 is 0 Å². The summed E-state index contributed by atoms with van der Waals surface area (Å²) in [5, 5.41) is 0. The third-order valence-corrected chi connectivity index (χ3v) is 3.05. The van der Waals surface area contributed by atoms with Gasteiger partial charge >= 0.3 is 0 Å². The molecule has 0 heteroatoms. The number of allylic oxidation sites excluding steroid dienone is 4. The van der Waals surface area contributed by atoms with Gasteiger partial charge in [-0.25, -0.2) is 0 Å². The minimum atomic E-state index is 0.843. The van der Waals surface area contributed by atoms with Crippen LogP contribution in [0.1, 0.15) is 47.0 Å². The van der Waals surface area contributed by atoms with Crippen LogP contribution in [0.15, 0.2) is 23.8 Å². The van der Waals surface area contributed by atoms with Crippen LogP contribution >= 0.6 is 0 Å². The molecule has 2 aliphatic carbocycles. The normalized spacial score (nSPS) is 35.1. The summed E-state index contributed by atoms with van der Waals surface area (Å²) in [5.41, 5.74) is 1.58. The lowest BCUT2D eigenvalue weighted by Crippen LogP contribution is -1.86. The molecular formula is C14H24. The highest BCUT2D eigenvalue weighted by Gasteiger charge is 2.08. The first-order valence-electron chi connectivity index (χ1n) is 5.92. The Kier molecular flexibility index (Phi) is 4.44. The molecule has 0 saturated heterocycles. The van der Waals surface area contributed by atoms with E-state index in [1.807, 2.05) is 0 Å². The molecule has 0 aromatic heterocycles. The monoisotopic (exact) mass is 192 g/mol. The molecule has 3 atom stereocenters. The maximum atomic E-state index is 2.34. The van der Waals surface area contributed by atoms with Crippen molar-refractivity contribution in [3.63, 3.8) is 0 Å². The van der Waals surface area contributed by atoms with Gasteiger partial charge in [0.1, 0.15) is 0 Å². The van der Waals surface area contributed by atoms with Gasteiger partial charge < -0.3 is 0 Å². The largest absolute Gasteiger partial charge is 0.0854 e. The fraction of sp³-hybridized carbons (Fsp3) is 0.714. The molecule has 0 aliphatic heterocycles. The summed E-state index contributed by atoms with van der Waals surface area (Å²) in [4.78, 5) is 0. The Morgan fingerprint density at radius 2 is 1.64 bits per heavy atom. The minimum Gasteiger partial charge on any atom is -0.0854 e. The molecule has 80 valence electrons. The zero-order valence-electron chi connectivity index (χ0n) is 10.1. The predicted octanol–water partition coefficient (Wildman–Crippen LogP) is 4.58. The SMILES string of the molecule is CC1=CCC(C)C1.CC1C=CC(C)C1. The number of hydrogen-bond acceptors (Lipinski definition) is 0. The Morgan fingerprint density at radius 1 is 1.07 bits per heavy atom.